The lowest BCUT2D eigenvalue weighted by molar-refractivity contribution is -0.159. The topological polar surface area (TPSA) is 133 Å². The Morgan fingerprint density at radius 1 is 1.39 bits per heavy atom. The van der Waals surface area contributed by atoms with Crippen LogP contribution < -0.4 is 5.73 Å². The highest BCUT2D eigenvalue weighted by Crippen LogP contribution is 2.26. The van der Waals surface area contributed by atoms with Crippen molar-refractivity contribution >= 4 is 29.1 Å². The number of rotatable bonds is 7. The number of nitrogens with two attached hydrogens (primary N) is 1. The molecule has 0 bridgehead atoms. The maximum atomic E-state index is 11.8. The molecule has 2 rings (SSSR count). The zero-order valence-electron chi connectivity index (χ0n) is 13.0. The van der Waals surface area contributed by atoms with Gasteiger partial charge in [0.25, 0.3) is 0 Å². The van der Waals surface area contributed by atoms with Gasteiger partial charge in [-0.2, -0.15) is 4.98 Å². The smallest absolute Gasteiger partial charge is 0.320 e. The quantitative estimate of drug-likeness (QED) is 0.570. The zero-order chi connectivity index (χ0) is 17.0. The number of carboxylic acids is 1. The molecule has 0 radical (unpaired) electrons. The molecule has 0 amide bonds. The molecule has 23 heavy (non-hydrogen) atoms. The minimum Gasteiger partial charge on any atom is -0.481 e. The van der Waals surface area contributed by atoms with Gasteiger partial charge in [0.2, 0.25) is 5.95 Å². The fourth-order valence-electron chi connectivity index (χ4n) is 2.40. The molecule has 2 heterocycles. The number of carbonyl (C=O) groups is 2. The van der Waals surface area contributed by atoms with Gasteiger partial charge in [0.1, 0.15) is 5.52 Å². The Morgan fingerprint density at radius 2 is 2.13 bits per heavy atom. The zero-order valence-corrected chi connectivity index (χ0v) is 13.0. The molecule has 0 aromatic carbocycles. The van der Waals surface area contributed by atoms with E-state index in [2.05, 4.69) is 15.0 Å². The monoisotopic (exact) mass is 321 g/mol. The minimum absolute atomic E-state index is 0.0834. The van der Waals surface area contributed by atoms with Crippen LogP contribution in [0.15, 0.2) is 12.5 Å². The molecule has 3 N–H and O–H groups in total. The van der Waals surface area contributed by atoms with Crippen LogP contribution >= 0.6 is 0 Å². The van der Waals surface area contributed by atoms with E-state index in [0.29, 0.717) is 17.6 Å². The molecule has 0 saturated heterocycles. The summed E-state index contributed by atoms with van der Waals surface area (Å²) in [4.78, 5) is 35.4. The summed E-state index contributed by atoms with van der Waals surface area (Å²) in [6.07, 6.45) is 3.73. The van der Waals surface area contributed by atoms with Gasteiger partial charge in [0.15, 0.2) is 11.6 Å². The summed E-state index contributed by atoms with van der Waals surface area (Å²) in [6.45, 7) is 3.67. The summed E-state index contributed by atoms with van der Waals surface area (Å²) >= 11 is 0. The Kier molecular flexibility index (Phi) is 5.09. The number of hydrogen-bond donors (Lipinski definition) is 2. The second-order valence-corrected chi connectivity index (χ2v) is 5.03. The Morgan fingerprint density at radius 3 is 2.74 bits per heavy atom. The second-order valence-electron chi connectivity index (χ2n) is 5.03. The van der Waals surface area contributed by atoms with Crippen LogP contribution in [-0.4, -0.2) is 43.2 Å². The first-order valence-corrected chi connectivity index (χ1v) is 7.32. The highest BCUT2D eigenvalue weighted by atomic mass is 16.5. The van der Waals surface area contributed by atoms with E-state index in [1.54, 1.807) is 17.8 Å². The van der Waals surface area contributed by atoms with E-state index in [-0.39, 0.29) is 25.0 Å². The van der Waals surface area contributed by atoms with Gasteiger partial charge in [-0.05, 0) is 19.8 Å². The molecule has 9 nitrogen and oxygen atoms in total. The molecule has 9 heteroatoms. The van der Waals surface area contributed by atoms with Gasteiger partial charge < -0.3 is 20.1 Å². The van der Waals surface area contributed by atoms with Crippen molar-refractivity contribution in [2.24, 2.45) is 5.92 Å². The van der Waals surface area contributed by atoms with Gasteiger partial charge in [-0.15, -0.1) is 0 Å². The van der Waals surface area contributed by atoms with Gasteiger partial charge in [0, 0.05) is 6.04 Å². The van der Waals surface area contributed by atoms with E-state index in [4.69, 9.17) is 10.5 Å². The van der Waals surface area contributed by atoms with Gasteiger partial charge in [-0.1, -0.05) is 6.92 Å². The number of nitrogen functional groups attached to an aromatic ring is 1. The predicted molar refractivity (Wildman–Crippen MR) is 81.4 cm³/mol. The minimum atomic E-state index is -1.24. The lowest BCUT2D eigenvalue weighted by Crippen LogP contribution is -2.29. The van der Waals surface area contributed by atoms with Crippen LogP contribution in [0, 0.1) is 5.92 Å². The maximum absolute atomic E-state index is 11.8. The number of nitrogens with zero attached hydrogens (tertiary/aromatic N) is 4. The van der Waals surface area contributed by atoms with E-state index >= 15 is 0 Å². The van der Waals surface area contributed by atoms with Gasteiger partial charge in [-0.25, -0.2) is 9.97 Å². The fourth-order valence-corrected chi connectivity index (χ4v) is 2.40. The summed E-state index contributed by atoms with van der Waals surface area (Å²) in [5, 5.41) is 9.30. The standard InChI is InChI=1S/C14H19N5O4/c1-3-8(5-9(12(20)21)13(22)23-4-2)19-7-17-10-6-16-14(15)18-11(10)19/h6-9H,3-5H2,1-2H3,(H,20,21)(H2,15,16,18). The molecule has 2 unspecified atom stereocenters. The Bertz CT molecular complexity index is 714. The number of hydrogen-bond acceptors (Lipinski definition) is 7. The first-order chi connectivity index (χ1) is 11.0. The van der Waals surface area contributed by atoms with Crippen molar-refractivity contribution < 1.29 is 19.4 Å². The lowest BCUT2D eigenvalue weighted by Gasteiger charge is -2.20. The number of imidazole rings is 1. The van der Waals surface area contributed by atoms with Crippen molar-refractivity contribution in [3.63, 3.8) is 0 Å². The first kappa shape index (κ1) is 16.7. The third-order valence-corrected chi connectivity index (χ3v) is 3.58. The van der Waals surface area contributed by atoms with Crippen molar-refractivity contribution in [1.29, 1.82) is 0 Å². The van der Waals surface area contributed by atoms with Gasteiger partial charge >= 0.3 is 11.9 Å². The average Bonchev–Trinajstić information content (AvgIpc) is 2.91. The number of anilines is 1. The molecular weight excluding hydrogens is 302 g/mol. The van der Waals surface area contributed by atoms with E-state index in [1.807, 2.05) is 6.92 Å². The molecule has 0 spiro atoms. The Hall–Kier alpha value is -2.71. The summed E-state index contributed by atoms with van der Waals surface area (Å²) in [7, 11) is 0. The molecule has 0 fully saturated rings. The van der Waals surface area contributed by atoms with Crippen LogP contribution in [0.4, 0.5) is 5.95 Å². The number of fused-ring (bicyclic) bond motifs is 1. The lowest BCUT2D eigenvalue weighted by atomic mass is 9.98. The van der Waals surface area contributed by atoms with Crippen molar-refractivity contribution in [2.45, 2.75) is 32.7 Å². The normalized spacial score (nSPS) is 13.7. The van der Waals surface area contributed by atoms with Crippen molar-refractivity contribution in [1.82, 2.24) is 19.5 Å². The summed E-state index contributed by atoms with van der Waals surface area (Å²) < 4.78 is 6.57. The first-order valence-electron chi connectivity index (χ1n) is 7.32. The van der Waals surface area contributed by atoms with Crippen LogP contribution in [0.2, 0.25) is 0 Å². The average molecular weight is 321 g/mol. The van der Waals surface area contributed by atoms with E-state index < -0.39 is 17.9 Å². The van der Waals surface area contributed by atoms with Crippen molar-refractivity contribution in [3.05, 3.63) is 12.5 Å². The highest BCUT2D eigenvalue weighted by Gasteiger charge is 2.31. The van der Waals surface area contributed by atoms with E-state index in [1.165, 1.54) is 6.20 Å². The number of carbonyl (C=O) groups excluding carboxylic acids is 1. The largest absolute Gasteiger partial charge is 0.481 e. The third-order valence-electron chi connectivity index (χ3n) is 3.58. The Labute approximate surface area is 132 Å². The van der Waals surface area contributed by atoms with E-state index in [0.717, 1.165) is 0 Å². The predicted octanol–water partition coefficient (Wildman–Crippen LogP) is 1.01. The van der Waals surface area contributed by atoms with Crippen molar-refractivity contribution in [2.75, 3.05) is 12.3 Å². The SMILES string of the molecule is CCOC(=O)C(CC(CC)n1cnc2cnc(N)nc21)C(=O)O. The van der Waals surface area contributed by atoms with Gasteiger partial charge in [0.05, 0.1) is 19.1 Å². The molecule has 2 aromatic heterocycles. The second kappa shape index (κ2) is 7.03. The fraction of sp³-hybridized carbons (Fsp3) is 0.500. The van der Waals surface area contributed by atoms with Crippen LogP contribution in [-0.2, 0) is 14.3 Å². The third kappa shape index (κ3) is 3.55. The van der Waals surface area contributed by atoms with Crippen LogP contribution in [0.25, 0.3) is 11.2 Å². The summed E-state index contributed by atoms with van der Waals surface area (Å²) in [5.41, 5.74) is 6.67. The number of carboxylic acid groups (broad SMARTS) is 1. The Balaban J connectivity index is 2.32. The highest BCUT2D eigenvalue weighted by molar-refractivity contribution is 5.93. The summed E-state index contributed by atoms with van der Waals surface area (Å²) in [5.74, 6) is -3.08. The van der Waals surface area contributed by atoms with Gasteiger partial charge in [-0.3, -0.25) is 9.59 Å². The molecule has 0 aliphatic rings. The molecular formula is C14H19N5O4. The number of esters is 1. The molecule has 0 aliphatic heterocycles. The number of ether oxygens (including phenoxy) is 1. The van der Waals surface area contributed by atoms with Crippen LogP contribution in [0.5, 0.6) is 0 Å². The summed E-state index contributed by atoms with van der Waals surface area (Å²) in [6, 6.07) is -0.278. The molecule has 0 saturated carbocycles. The molecule has 0 aliphatic carbocycles. The van der Waals surface area contributed by atoms with Crippen LogP contribution in [0.1, 0.15) is 32.7 Å². The number of aliphatic carboxylic acids is 1. The van der Waals surface area contributed by atoms with E-state index in [9.17, 15) is 14.7 Å². The van der Waals surface area contributed by atoms with Crippen LogP contribution in [0.3, 0.4) is 0 Å². The van der Waals surface area contributed by atoms with Crippen molar-refractivity contribution in [3.8, 4) is 0 Å². The number of aromatic nitrogens is 4. The molecule has 2 atom stereocenters. The maximum Gasteiger partial charge on any atom is 0.320 e. The molecule has 124 valence electrons. The molecule has 2 aromatic rings.